The summed E-state index contributed by atoms with van der Waals surface area (Å²) in [5.74, 6) is 0.626. The van der Waals surface area contributed by atoms with Gasteiger partial charge in [-0.25, -0.2) is 0 Å². The molecule has 0 radical (unpaired) electrons. The van der Waals surface area contributed by atoms with Gasteiger partial charge in [0.1, 0.15) is 11.8 Å². The first-order chi connectivity index (χ1) is 7.65. The van der Waals surface area contributed by atoms with Gasteiger partial charge < -0.3 is 4.74 Å². The molecule has 16 heavy (non-hydrogen) atoms. The van der Waals surface area contributed by atoms with Crippen molar-refractivity contribution in [1.29, 1.82) is 5.26 Å². The Bertz CT molecular complexity index is 513. The summed E-state index contributed by atoms with van der Waals surface area (Å²) in [6.45, 7) is 1.99. The summed E-state index contributed by atoms with van der Waals surface area (Å²) >= 11 is 2.25. The molecule has 80 valence electrons. The standard InChI is InChI=1S/C13H10INO/c1-13(8-4-7-12(13)14)16-11-6-3-2-5-10(11)9-15/h2-8H,1H3. The van der Waals surface area contributed by atoms with E-state index in [1.54, 1.807) is 6.07 Å². The summed E-state index contributed by atoms with van der Waals surface area (Å²) in [6.07, 6.45) is 5.97. The number of para-hydroxylation sites is 1. The van der Waals surface area contributed by atoms with Crippen molar-refractivity contribution >= 4 is 22.6 Å². The van der Waals surface area contributed by atoms with E-state index in [1.165, 1.54) is 0 Å². The molecule has 1 aromatic carbocycles. The second kappa shape index (κ2) is 4.30. The van der Waals surface area contributed by atoms with Crippen LogP contribution < -0.4 is 4.74 Å². The molecule has 1 aliphatic rings. The second-order valence-electron chi connectivity index (χ2n) is 3.69. The Morgan fingerprint density at radius 2 is 2.12 bits per heavy atom. The fourth-order valence-electron chi connectivity index (χ4n) is 1.52. The highest BCUT2D eigenvalue weighted by Crippen LogP contribution is 2.35. The first-order valence-electron chi connectivity index (χ1n) is 4.89. The van der Waals surface area contributed by atoms with E-state index in [1.807, 2.05) is 43.4 Å². The average Bonchev–Trinajstić information content (AvgIpc) is 2.60. The Kier molecular flexibility index (Phi) is 3.01. The van der Waals surface area contributed by atoms with E-state index in [0.29, 0.717) is 11.3 Å². The number of allylic oxidation sites excluding steroid dienone is 2. The van der Waals surface area contributed by atoms with E-state index in [9.17, 15) is 0 Å². The van der Waals surface area contributed by atoms with E-state index in [4.69, 9.17) is 10.00 Å². The van der Waals surface area contributed by atoms with Crippen molar-refractivity contribution in [2.45, 2.75) is 12.5 Å². The molecule has 2 rings (SSSR count). The highest BCUT2D eigenvalue weighted by Gasteiger charge is 2.30. The maximum Gasteiger partial charge on any atom is 0.155 e. The van der Waals surface area contributed by atoms with Gasteiger partial charge >= 0.3 is 0 Å². The van der Waals surface area contributed by atoms with Gasteiger partial charge in [-0.1, -0.05) is 18.2 Å². The molecule has 0 heterocycles. The molecule has 0 spiro atoms. The lowest BCUT2D eigenvalue weighted by Crippen LogP contribution is -2.28. The van der Waals surface area contributed by atoms with Crippen molar-refractivity contribution in [3.05, 3.63) is 51.6 Å². The summed E-state index contributed by atoms with van der Waals surface area (Å²) in [5, 5.41) is 8.98. The zero-order valence-corrected chi connectivity index (χ0v) is 10.9. The zero-order chi connectivity index (χ0) is 11.6. The summed E-state index contributed by atoms with van der Waals surface area (Å²) in [5.41, 5.74) is 0.126. The highest BCUT2D eigenvalue weighted by atomic mass is 127. The maximum atomic E-state index is 8.98. The fraction of sp³-hybridized carbons (Fsp3) is 0.154. The van der Waals surface area contributed by atoms with Crippen LogP contribution in [0.1, 0.15) is 12.5 Å². The van der Waals surface area contributed by atoms with Crippen molar-refractivity contribution in [2.75, 3.05) is 0 Å². The number of rotatable bonds is 2. The number of nitriles is 1. The average molecular weight is 323 g/mol. The van der Waals surface area contributed by atoms with Gasteiger partial charge in [0.2, 0.25) is 0 Å². The van der Waals surface area contributed by atoms with Gasteiger partial charge in [-0.15, -0.1) is 0 Å². The molecule has 0 fully saturated rings. The topological polar surface area (TPSA) is 33.0 Å². The van der Waals surface area contributed by atoms with Crippen LogP contribution in [-0.4, -0.2) is 5.60 Å². The van der Waals surface area contributed by atoms with Gasteiger partial charge in [0.05, 0.1) is 5.56 Å². The van der Waals surface area contributed by atoms with Crippen LogP contribution in [-0.2, 0) is 0 Å². The van der Waals surface area contributed by atoms with E-state index in [0.717, 1.165) is 3.58 Å². The molecule has 1 unspecified atom stereocenters. The van der Waals surface area contributed by atoms with Crippen LogP contribution in [0.4, 0.5) is 0 Å². The molecule has 0 N–H and O–H groups in total. The molecular weight excluding hydrogens is 313 g/mol. The molecule has 2 nitrogen and oxygen atoms in total. The Morgan fingerprint density at radius 3 is 2.75 bits per heavy atom. The molecular formula is C13H10INO. The molecule has 0 saturated carbocycles. The van der Waals surface area contributed by atoms with Crippen LogP contribution in [0.3, 0.4) is 0 Å². The molecule has 1 aromatic rings. The Labute approximate surface area is 108 Å². The highest BCUT2D eigenvalue weighted by molar-refractivity contribution is 14.1. The van der Waals surface area contributed by atoms with Crippen LogP contribution in [0.5, 0.6) is 5.75 Å². The smallest absolute Gasteiger partial charge is 0.155 e. The summed E-state index contributed by atoms with van der Waals surface area (Å²) in [4.78, 5) is 0. The molecule has 0 aromatic heterocycles. The molecule has 0 aliphatic heterocycles. The summed E-state index contributed by atoms with van der Waals surface area (Å²) in [7, 11) is 0. The van der Waals surface area contributed by atoms with E-state index < -0.39 is 5.60 Å². The van der Waals surface area contributed by atoms with Crippen LogP contribution in [0.2, 0.25) is 0 Å². The third-order valence-electron chi connectivity index (χ3n) is 2.46. The minimum atomic E-state index is -0.437. The number of nitrogens with zero attached hydrogens (tertiary/aromatic N) is 1. The van der Waals surface area contributed by atoms with Crippen LogP contribution in [0.15, 0.2) is 46.1 Å². The Morgan fingerprint density at radius 1 is 1.38 bits per heavy atom. The molecule has 0 bridgehead atoms. The van der Waals surface area contributed by atoms with Gasteiger partial charge in [-0.2, -0.15) is 5.26 Å². The minimum Gasteiger partial charge on any atom is -0.477 e. The Balaban J connectivity index is 2.32. The fourth-order valence-corrected chi connectivity index (χ4v) is 2.02. The lowest BCUT2D eigenvalue weighted by atomic mass is 10.1. The number of hydrogen-bond donors (Lipinski definition) is 0. The van der Waals surface area contributed by atoms with Gasteiger partial charge in [0, 0.05) is 3.58 Å². The minimum absolute atomic E-state index is 0.437. The SMILES string of the molecule is CC1(Oc2ccccc2C#N)C=CC=C1I. The summed E-state index contributed by atoms with van der Waals surface area (Å²) in [6, 6.07) is 9.41. The van der Waals surface area contributed by atoms with Crippen molar-refractivity contribution in [2.24, 2.45) is 0 Å². The van der Waals surface area contributed by atoms with E-state index in [2.05, 4.69) is 28.7 Å². The largest absolute Gasteiger partial charge is 0.477 e. The van der Waals surface area contributed by atoms with Crippen LogP contribution in [0, 0.1) is 11.3 Å². The molecule has 1 atom stereocenters. The van der Waals surface area contributed by atoms with E-state index in [-0.39, 0.29) is 0 Å². The molecule has 0 saturated heterocycles. The van der Waals surface area contributed by atoms with Crippen LogP contribution >= 0.6 is 22.6 Å². The summed E-state index contributed by atoms with van der Waals surface area (Å²) < 4.78 is 7.02. The molecule has 1 aliphatic carbocycles. The van der Waals surface area contributed by atoms with Gasteiger partial charge in [0.15, 0.2) is 5.60 Å². The van der Waals surface area contributed by atoms with Crippen LogP contribution in [0.25, 0.3) is 0 Å². The van der Waals surface area contributed by atoms with E-state index >= 15 is 0 Å². The Hall–Kier alpha value is -1.28. The monoisotopic (exact) mass is 323 g/mol. The number of benzene rings is 1. The first-order valence-corrected chi connectivity index (χ1v) is 5.97. The predicted molar refractivity (Wildman–Crippen MR) is 71.4 cm³/mol. The lowest BCUT2D eigenvalue weighted by Gasteiger charge is -2.25. The molecule has 3 heteroatoms. The maximum absolute atomic E-state index is 8.98. The number of hydrogen-bond acceptors (Lipinski definition) is 2. The number of halogens is 1. The first kappa shape index (κ1) is 11.2. The lowest BCUT2D eigenvalue weighted by molar-refractivity contribution is 0.192. The quantitative estimate of drug-likeness (QED) is 0.780. The van der Waals surface area contributed by atoms with Crippen molar-refractivity contribution in [3.63, 3.8) is 0 Å². The van der Waals surface area contributed by atoms with Gasteiger partial charge in [-0.05, 0) is 53.8 Å². The van der Waals surface area contributed by atoms with Gasteiger partial charge in [0.25, 0.3) is 0 Å². The van der Waals surface area contributed by atoms with Gasteiger partial charge in [-0.3, -0.25) is 0 Å². The third kappa shape index (κ3) is 1.98. The second-order valence-corrected chi connectivity index (χ2v) is 4.85. The van der Waals surface area contributed by atoms with Crippen molar-refractivity contribution in [3.8, 4) is 11.8 Å². The zero-order valence-electron chi connectivity index (χ0n) is 8.77. The van der Waals surface area contributed by atoms with Crippen molar-refractivity contribution in [1.82, 2.24) is 0 Å². The predicted octanol–water partition coefficient (Wildman–Crippen LogP) is 3.58. The molecule has 0 amide bonds. The van der Waals surface area contributed by atoms with Crippen molar-refractivity contribution < 1.29 is 4.74 Å². The number of ether oxygens (including phenoxy) is 1. The third-order valence-corrected chi connectivity index (χ3v) is 3.89. The normalized spacial score (nSPS) is 22.7.